The summed E-state index contributed by atoms with van der Waals surface area (Å²) in [5.41, 5.74) is 4.35. The standard InChI is InChI=1S/C21H24N2O2/c1-14-7-8-15(2)20(11-14)25-13-17(24)12-23-19-6-4-3-5-18(19)22-21(23)16-9-10-16/h3-8,11,16-17,24H,9-10,12-13H2,1-2H3. The second-order valence-electron chi connectivity index (χ2n) is 7.08. The molecule has 130 valence electrons. The van der Waals surface area contributed by atoms with Gasteiger partial charge in [-0.1, -0.05) is 24.3 Å². The van der Waals surface area contributed by atoms with Crippen LogP contribution in [-0.4, -0.2) is 27.4 Å². The van der Waals surface area contributed by atoms with E-state index in [-0.39, 0.29) is 6.61 Å². The van der Waals surface area contributed by atoms with Crippen LogP contribution in [0.2, 0.25) is 0 Å². The van der Waals surface area contributed by atoms with E-state index in [2.05, 4.69) is 16.7 Å². The van der Waals surface area contributed by atoms with E-state index in [1.165, 1.54) is 12.8 Å². The molecule has 4 nitrogen and oxygen atoms in total. The SMILES string of the molecule is Cc1ccc(C)c(OCC(O)Cn2c(C3CC3)nc3ccccc32)c1. The van der Waals surface area contributed by atoms with Gasteiger partial charge in [0.2, 0.25) is 0 Å². The number of aromatic nitrogens is 2. The maximum atomic E-state index is 10.6. The van der Waals surface area contributed by atoms with Crippen molar-refractivity contribution in [1.29, 1.82) is 0 Å². The van der Waals surface area contributed by atoms with Gasteiger partial charge in [-0.25, -0.2) is 4.98 Å². The van der Waals surface area contributed by atoms with Gasteiger partial charge in [-0.05, 0) is 56.0 Å². The van der Waals surface area contributed by atoms with Crippen LogP contribution in [0.5, 0.6) is 5.75 Å². The Labute approximate surface area is 148 Å². The van der Waals surface area contributed by atoms with Gasteiger partial charge >= 0.3 is 0 Å². The first kappa shape index (κ1) is 16.2. The predicted molar refractivity (Wildman–Crippen MR) is 99.1 cm³/mol. The van der Waals surface area contributed by atoms with Gasteiger partial charge in [-0.2, -0.15) is 0 Å². The van der Waals surface area contributed by atoms with Crippen molar-refractivity contribution in [3.8, 4) is 5.75 Å². The molecule has 1 fully saturated rings. The Kier molecular flexibility index (Phi) is 4.22. The quantitative estimate of drug-likeness (QED) is 0.741. The summed E-state index contributed by atoms with van der Waals surface area (Å²) < 4.78 is 8.04. The number of para-hydroxylation sites is 2. The number of aliphatic hydroxyl groups is 1. The lowest BCUT2D eigenvalue weighted by Crippen LogP contribution is -2.24. The number of imidazole rings is 1. The fourth-order valence-corrected chi connectivity index (χ4v) is 3.25. The number of fused-ring (bicyclic) bond motifs is 1. The topological polar surface area (TPSA) is 47.3 Å². The minimum Gasteiger partial charge on any atom is -0.491 e. The van der Waals surface area contributed by atoms with Crippen LogP contribution in [0.4, 0.5) is 0 Å². The normalized spacial score (nSPS) is 15.5. The van der Waals surface area contributed by atoms with Gasteiger partial charge < -0.3 is 14.4 Å². The number of hydrogen-bond acceptors (Lipinski definition) is 3. The zero-order chi connectivity index (χ0) is 17.4. The Morgan fingerprint density at radius 1 is 1.20 bits per heavy atom. The molecule has 0 radical (unpaired) electrons. The molecule has 1 aliphatic carbocycles. The maximum Gasteiger partial charge on any atom is 0.122 e. The molecule has 1 N–H and O–H groups in total. The molecule has 0 saturated heterocycles. The summed E-state index contributed by atoms with van der Waals surface area (Å²) in [4.78, 5) is 4.78. The number of hydrogen-bond donors (Lipinski definition) is 1. The summed E-state index contributed by atoms with van der Waals surface area (Å²) in [5, 5.41) is 10.6. The summed E-state index contributed by atoms with van der Waals surface area (Å²) in [6, 6.07) is 14.3. The van der Waals surface area contributed by atoms with Gasteiger partial charge in [0, 0.05) is 5.92 Å². The minimum absolute atomic E-state index is 0.279. The lowest BCUT2D eigenvalue weighted by atomic mass is 10.1. The van der Waals surface area contributed by atoms with Gasteiger partial charge in [0.15, 0.2) is 0 Å². The molecule has 1 heterocycles. The van der Waals surface area contributed by atoms with Crippen molar-refractivity contribution in [2.24, 2.45) is 0 Å². The average Bonchev–Trinajstić information content (AvgIpc) is 3.39. The molecule has 0 aliphatic heterocycles. The zero-order valence-electron chi connectivity index (χ0n) is 14.8. The molecule has 4 rings (SSSR count). The molecule has 1 aliphatic rings. The van der Waals surface area contributed by atoms with Gasteiger partial charge in [0.25, 0.3) is 0 Å². The number of nitrogens with zero attached hydrogens (tertiary/aromatic N) is 2. The Bertz CT molecular complexity index is 896. The lowest BCUT2D eigenvalue weighted by molar-refractivity contribution is 0.0923. The first-order valence-electron chi connectivity index (χ1n) is 8.95. The molecule has 1 unspecified atom stereocenters. The van der Waals surface area contributed by atoms with Crippen LogP contribution in [0.15, 0.2) is 42.5 Å². The van der Waals surface area contributed by atoms with Crippen LogP contribution in [0, 0.1) is 13.8 Å². The van der Waals surface area contributed by atoms with E-state index < -0.39 is 6.10 Å². The van der Waals surface area contributed by atoms with Crippen molar-refractivity contribution in [1.82, 2.24) is 9.55 Å². The van der Waals surface area contributed by atoms with Crippen molar-refractivity contribution in [3.63, 3.8) is 0 Å². The first-order valence-corrected chi connectivity index (χ1v) is 8.95. The molecule has 1 atom stereocenters. The van der Waals surface area contributed by atoms with Crippen molar-refractivity contribution in [2.75, 3.05) is 6.61 Å². The van der Waals surface area contributed by atoms with Crippen molar-refractivity contribution < 1.29 is 9.84 Å². The third-order valence-corrected chi connectivity index (χ3v) is 4.79. The van der Waals surface area contributed by atoms with Crippen LogP contribution in [0.1, 0.15) is 35.7 Å². The van der Waals surface area contributed by atoms with Gasteiger partial charge in [-0.3, -0.25) is 0 Å². The van der Waals surface area contributed by atoms with Crippen molar-refractivity contribution in [3.05, 3.63) is 59.4 Å². The molecule has 3 aromatic rings. The van der Waals surface area contributed by atoms with Crippen LogP contribution >= 0.6 is 0 Å². The third-order valence-electron chi connectivity index (χ3n) is 4.79. The molecule has 1 saturated carbocycles. The Balaban J connectivity index is 1.51. The van der Waals surface area contributed by atoms with E-state index in [1.54, 1.807) is 0 Å². The lowest BCUT2D eigenvalue weighted by Gasteiger charge is -2.17. The van der Waals surface area contributed by atoms with E-state index in [0.29, 0.717) is 12.5 Å². The van der Waals surface area contributed by atoms with Crippen molar-refractivity contribution >= 4 is 11.0 Å². The summed E-state index contributed by atoms with van der Waals surface area (Å²) in [6.07, 6.45) is 1.81. The molecule has 0 bridgehead atoms. The highest BCUT2D eigenvalue weighted by atomic mass is 16.5. The Morgan fingerprint density at radius 3 is 2.80 bits per heavy atom. The number of aliphatic hydroxyl groups excluding tert-OH is 1. The zero-order valence-corrected chi connectivity index (χ0v) is 14.8. The van der Waals surface area contributed by atoms with Gasteiger partial charge in [0.05, 0.1) is 17.6 Å². The predicted octanol–water partition coefficient (Wildman–Crippen LogP) is 3.97. The average molecular weight is 336 g/mol. The monoisotopic (exact) mass is 336 g/mol. The van der Waals surface area contributed by atoms with E-state index in [0.717, 1.165) is 33.7 Å². The van der Waals surface area contributed by atoms with E-state index in [1.807, 2.05) is 44.2 Å². The summed E-state index contributed by atoms with van der Waals surface area (Å²) in [6.45, 7) is 4.86. The minimum atomic E-state index is -0.574. The molecule has 2 aromatic carbocycles. The van der Waals surface area contributed by atoms with Crippen LogP contribution in [0.25, 0.3) is 11.0 Å². The Hall–Kier alpha value is -2.33. The largest absolute Gasteiger partial charge is 0.491 e. The fourth-order valence-electron chi connectivity index (χ4n) is 3.25. The van der Waals surface area contributed by atoms with E-state index in [9.17, 15) is 5.11 Å². The number of benzene rings is 2. The van der Waals surface area contributed by atoms with Gasteiger partial charge in [0.1, 0.15) is 24.3 Å². The molecule has 0 amide bonds. The van der Waals surface area contributed by atoms with Crippen LogP contribution < -0.4 is 4.74 Å². The molecule has 0 spiro atoms. The second-order valence-corrected chi connectivity index (χ2v) is 7.08. The Morgan fingerprint density at radius 2 is 2.00 bits per heavy atom. The summed E-state index contributed by atoms with van der Waals surface area (Å²) in [5.74, 6) is 2.49. The van der Waals surface area contributed by atoms with Crippen LogP contribution in [0.3, 0.4) is 0 Å². The summed E-state index contributed by atoms with van der Waals surface area (Å²) in [7, 11) is 0. The number of ether oxygens (including phenoxy) is 1. The third kappa shape index (κ3) is 3.40. The smallest absolute Gasteiger partial charge is 0.122 e. The molecular weight excluding hydrogens is 312 g/mol. The fraction of sp³-hybridized carbons (Fsp3) is 0.381. The maximum absolute atomic E-state index is 10.6. The first-order chi connectivity index (χ1) is 12.1. The molecule has 25 heavy (non-hydrogen) atoms. The number of aryl methyl sites for hydroxylation is 2. The van der Waals surface area contributed by atoms with Crippen molar-refractivity contribution in [2.45, 2.75) is 45.3 Å². The van der Waals surface area contributed by atoms with Gasteiger partial charge in [-0.15, -0.1) is 0 Å². The summed E-state index contributed by atoms with van der Waals surface area (Å²) >= 11 is 0. The highest BCUT2D eigenvalue weighted by Gasteiger charge is 2.30. The highest BCUT2D eigenvalue weighted by molar-refractivity contribution is 5.76. The molecular formula is C21H24N2O2. The van der Waals surface area contributed by atoms with Crippen LogP contribution in [-0.2, 0) is 6.54 Å². The highest BCUT2D eigenvalue weighted by Crippen LogP contribution is 2.40. The second kappa shape index (κ2) is 6.52. The number of rotatable bonds is 6. The molecule has 1 aromatic heterocycles. The van der Waals surface area contributed by atoms with E-state index >= 15 is 0 Å². The van der Waals surface area contributed by atoms with E-state index in [4.69, 9.17) is 9.72 Å². The molecule has 4 heteroatoms.